The quantitative estimate of drug-likeness (QED) is 0.778. The highest BCUT2D eigenvalue weighted by molar-refractivity contribution is 5.85. The van der Waals surface area contributed by atoms with Crippen molar-refractivity contribution in [2.24, 2.45) is 0 Å². The highest BCUT2D eigenvalue weighted by atomic mass is 35.5. The first kappa shape index (κ1) is 20.2. The maximum atomic E-state index is 6.09. The third-order valence-electron chi connectivity index (χ3n) is 5.95. The molecule has 146 valence electrons. The molecule has 3 atom stereocenters. The van der Waals surface area contributed by atoms with Gasteiger partial charge in [-0.25, -0.2) is 0 Å². The van der Waals surface area contributed by atoms with Gasteiger partial charge in [0, 0.05) is 6.04 Å². The monoisotopic (exact) mass is 387 g/mol. The fraction of sp³-hybridized carbons (Fsp3) is 0.478. The van der Waals surface area contributed by atoms with E-state index in [1.165, 1.54) is 36.0 Å². The summed E-state index contributed by atoms with van der Waals surface area (Å²) in [5.74, 6) is 1.58. The van der Waals surface area contributed by atoms with E-state index in [-0.39, 0.29) is 18.5 Å². The Kier molecular flexibility index (Phi) is 7.17. The molecular formula is C23H30ClNO2. The molecule has 0 aromatic heterocycles. The topological polar surface area (TPSA) is 30.5 Å². The van der Waals surface area contributed by atoms with Crippen LogP contribution in [0.1, 0.15) is 54.4 Å². The molecule has 2 aromatic rings. The Morgan fingerprint density at radius 2 is 1.89 bits per heavy atom. The van der Waals surface area contributed by atoms with E-state index in [0.717, 1.165) is 31.7 Å². The van der Waals surface area contributed by atoms with Crippen LogP contribution in [0.25, 0.3) is 0 Å². The van der Waals surface area contributed by atoms with Crippen LogP contribution in [0.3, 0.4) is 0 Å². The lowest BCUT2D eigenvalue weighted by molar-refractivity contribution is 0.0326. The summed E-state index contributed by atoms with van der Waals surface area (Å²) < 4.78 is 11.4. The summed E-state index contributed by atoms with van der Waals surface area (Å²) in [4.78, 5) is 0. The first-order valence-corrected chi connectivity index (χ1v) is 9.90. The maximum Gasteiger partial charge on any atom is 0.118 e. The van der Waals surface area contributed by atoms with Crippen LogP contribution in [0.5, 0.6) is 5.75 Å². The van der Waals surface area contributed by atoms with Crippen LogP contribution in [-0.2, 0) is 11.2 Å². The fourth-order valence-electron chi connectivity index (χ4n) is 4.47. The third-order valence-corrected chi connectivity index (χ3v) is 5.95. The van der Waals surface area contributed by atoms with Gasteiger partial charge in [-0.05, 0) is 73.4 Å². The van der Waals surface area contributed by atoms with Gasteiger partial charge >= 0.3 is 0 Å². The summed E-state index contributed by atoms with van der Waals surface area (Å²) in [6, 6.07) is 18.0. The molecule has 2 aliphatic rings. The molecule has 0 aliphatic carbocycles. The van der Waals surface area contributed by atoms with Gasteiger partial charge in [0.25, 0.3) is 0 Å². The highest BCUT2D eigenvalue weighted by Gasteiger charge is 2.26. The summed E-state index contributed by atoms with van der Waals surface area (Å²) in [5, 5.41) is 3.72. The van der Waals surface area contributed by atoms with Crippen LogP contribution in [0.15, 0.2) is 48.5 Å². The van der Waals surface area contributed by atoms with Crippen LogP contribution in [-0.4, -0.2) is 26.3 Å². The average molecular weight is 388 g/mol. The number of halogens is 1. The second kappa shape index (κ2) is 9.59. The molecule has 0 bridgehead atoms. The van der Waals surface area contributed by atoms with Crippen molar-refractivity contribution in [2.75, 3.05) is 20.3 Å². The Morgan fingerprint density at radius 3 is 2.70 bits per heavy atom. The van der Waals surface area contributed by atoms with Crippen molar-refractivity contribution >= 4 is 12.4 Å². The summed E-state index contributed by atoms with van der Waals surface area (Å²) >= 11 is 0. The van der Waals surface area contributed by atoms with Crippen LogP contribution < -0.4 is 10.1 Å². The van der Waals surface area contributed by atoms with E-state index in [0.29, 0.717) is 12.0 Å². The number of fused-ring (bicyclic) bond motifs is 1. The van der Waals surface area contributed by atoms with Crippen LogP contribution in [0.2, 0.25) is 0 Å². The molecule has 1 fully saturated rings. The Balaban J connectivity index is 0.00000210. The molecule has 4 heteroatoms. The molecule has 27 heavy (non-hydrogen) atoms. The number of piperidine rings is 1. The minimum atomic E-state index is 0. The molecule has 0 spiro atoms. The van der Waals surface area contributed by atoms with E-state index in [1.807, 2.05) is 0 Å². The number of hydrogen-bond donors (Lipinski definition) is 1. The normalized spacial score (nSPS) is 24.6. The van der Waals surface area contributed by atoms with E-state index in [2.05, 4.69) is 53.8 Å². The average Bonchev–Trinajstić information content (AvgIpc) is 2.72. The lowest BCUT2D eigenvalue weighted by atomic mass is 9.84. The lowest BCUT2D eigenvalue weighted by Crippen LogP contribution is -2.37. The number of methoxy groups -OCH3 is 1. The zero-order chi connectivity index (χ0) is 17.8. The van der Waals surface area contributed by atoms with Crippen molar-refractivity contribution < 1.29 is 9.47 Å². The van der Waals surface area contributed by atoms with Gasteiger partial charge in [-0.2, -0.15) is 0 Å². The fourth-order valence-corrected chi connectivity index (χ4v) is 4.47. The van der Waals surface area contributed by atoms with Gasteiger partial charge in [-0.15, -0.1) is 12.4 Å². The van der Waals surface area contributed by atoms with E-state index < -0.39 is 0 Å². The van der Waals surface area contributed by atoms with Gasteiger partial charge in [0.15, 0.2) is 0 Å². The molecule has 4 rings (SSSR count). The van der Waals surface area contributed by atoms with Crippen LogP contribution >= 0.6 is 12.4 Å². The molecule has 2 heterocycles. The van der Waals surface area contributed by atoms with Crippen molar-refractivity contribution in [1.82, 2.24) is 5.32 Å². The Morgan fingerprint density at radius 1 is 1.07 bits per heavy atom. The van der Waals surface area contributed by atoms with Gasteiger partial charge in [-0.3, -0.25) is 0 Å². The molecule has 3 nitrogen and oxygen atoms in total. The molecule has 0 saturated carbocycles. The second-order valence-corrected chi connectivity index (χ2v) is 7.53. The van der Waals surface area contributed by atoms with Crippen LogP contribution in [0.4, 0.5) is 0 Å². The van der Waals surface area contributed by atoms with E-state index in [1.54, 1.807) is 7.11 Å². The summed E-state index contributed by atoms with van der Waals surface area (Å²) in [5.41, 5.74) is 4.31. The molecule has 1 saturated heterocycles. The van der Waals surface area contributed by atoms with Crippen molar-refractivity contribution in [3.8, 4) is 5.75 Å². The number of rotatable bonds is 5. The van der Waals surface area contributed by atoms with Crippen molar-refractivity contribution in [3.63, 3.8) is 0 Å². The third kappa shape index (κ3) is 4.84. The molecule has 3 unspecified atom stereocenters. The Bertz CT molecular complexity index is 719. The Hall–Kier alpha value is -1.55. The predicted molar refractivity (Wildman–Crippen MR) is 112 cm³/mol. The molecule has 2 aromatic carbocycles. The maximum absolute atomic E-state index is 6.09. The first-order chi connectivity index (χ1) is 12.8. The molecule has 2 aliphatic heterocycles. The minimum Gasteiger partial charge on any atom is -0.497 e. The second-order valence-electron chi connectivity index (χ2n) is 7.53. The van der Waals surface area contributed by atoms with Crippen molar-refractivity contribution in [1.29, 1.82) is 0 Å². The number of hydrogen-bond acceptors (Lipinski definition) is 3. The van der Waals surface area contributed by atoms with Crippen LogP contribution in [0, 0.1) is 0 Å². The molecule has 0 radical (unpaired) electrons. The van der Waals surface area contributed by atoms with Gasteiger partial charge in [0.2, 0.25) is 0 Å². The summed E-state index contributed by atoms with van der Waals surface area (Å²) in [6.45, 7) is 1.96. The highest BCUT2D eigenvalue weighted by Crippen LogP contribution is 2.34. The molecular weight excluding hydrogens is 358 g/mol. The number of benzene rings is 2. The minimum absolute atomic E-state index is 0. The zero-order valence-corrected chi connectivity index (χ0v) is 16.8. The first-order valence-electron chi connectivity index (χ1n) is 9.90. The van der Waals surface area contributed by atoms with Gasteiger partial charge in [0.05, 0.1) is 19.8 Å². The van der Waals surface area contributed by atoms with E-state index in [9.17, 15) is 0 Å². The van der Waals surface area contributed by atoms with E-state index in [4.69, 9.17) is 9.47 Å². The number of ether oxygens (including phenoxy) is 2. The van der Waals surface area contributed by atoms with E-state index >= 15 is 0 Å². The lowest BCUT2D eigenvalue weighted by Gasteiger charge is -2.33. The number of nitrogens with one attached hydrogen (secondary N) is 1. The van der Waals surface area contributed by atoms with Gasteiger partial charge in [0.1, 0.15) is 5.75 Å². The standard InChI is InChI=1S/C23H29NO2.ClH/c1-25-21-9-6-17(7-10-21)19-12-14-24-20(16-19)8-11-23-22-5-3-2-4-18(22)13-15-26-23;/h2-7,9-10,19-20,23-24H,8,11-16H2,1H3;1H. The van der Waals surface area contributed by atoms with Crippen molar-refractivity contribution in [3.05, 3.63) is 65.2 Å². The zero-order valence-electron chi connectivity index (χ0n) is 16.0. The smallest absolute Gasteiger partial charge is 0.118 e. The summed E-state index contributed by atoms with van der Waals surface area (Å²) in [6.07, 6.45) is 6.01. The van der Waals surface area contributed by atoms with Crippen molar-refractivity contribution in [2.45, 2.75) is 50.2 Å². The summed E-state index contributed by atoms with van der Waals surface area (Å²) in [7, 11) is 1.72. The molecule has 0 amide bonds. The molecule has 1 N–H and O–H groups in total. The SMILES string of the molecule is COc1ccc(C2CCNC(CCC3OCCc4ccccc43)C2)cc1.Cl. The largest absolute Gasteiger partial charge is 0.497 e. The Labute approximate surface area is 168 Å². The van der Waals surface area contributed by atoms with Gasteiger partial charge < -0.3 is 14.8 Å². The van der Waals surface area contributed by atoms with Gasteiger partial charge in [-0.1, -0.05) is 36.4 Å². The predicted octanol–water partition coefficient (Wildman–Crippen LogP) is 5.05.